The fourth-order valence-electron chi connectivity index (χ4n) is 1.58. The number of aromatic carboxylic acids is 1. The van der Waals surface area contributed by atoms with Crippen LogP contribution in [0.1, 0.15) is 16.2 Å². The van der Waals surface area contributed by atoms with Gasteiger partial charge in [-0.25, -0.2) is 4.79 Å². The third-order valence-corrected chi connectivity index (χ3v) is 3.25. The first kappa shape index (κ1) is 13.3. The van der Waals surface area contributed by atoms with E-state index in [0.717, 1.165) is 5.56 Å². The molecular formula is C13H9N3O4S. The van der Waals surface area contributed by atoms with Crippen LogP contribution >= 0.6 is 11.3 Å². The lowest BCUT2D eigenvalue weighted by atomic mass is 10.3. The number of carbonyl (C=O) groups is 1. The molecule has 0 spiro atoms. The molecule has 0 amide bonds. The van der Waals surface area contributed by atoms with Crippen LogP contribution in [0.25, 0.3) is 11.4 Å². The van der Waals surface area contributed by atoms with Crippen molar-refractivity contribution >= 4 is 17.3 Å². The number of carboxylic acid groups (broad SMARTS) is 1. The van der Waals surface area contributed by atoms with E-state index in [1.54, 1.807) is 11.3 Å². The number of pyridine rings is 1. The molecule has 8 heteroatoms. The Labute approximate surface area is 122 Å². The van der Waals surface area contributed by atoms with Crippen molar-refractivity contribution in [3.05, 3.63) is 46.7 Å². The number of hydrogen-bond donors (Lipinski definition) is 1. The van der Waals surface area contributed by atoms with Crippen LogP contribution in [-0.4, -0.2) is 26.2 Å². The summed E-state index contributed by atoms with van der Waals surface area (Å²) >= 11 is 1.54. The van der Waals surface area contributed by atoms with Crippen LogP contribution in [0, 0.1) is 0 Å². The Morgan fingerprint density at radius 1 is 1.43 bits per heavy atom. The van der Waals surface area contributed by atoms with Gasteiger partial charge in [0.1, 0.15) is 5.75 Å². The molecule has 3 aromatic rings. The maximum atomic E-state index is 10.8. The molecule has 1 N–H and O–H groups in total. The Morgan fingerprint density at radius 2 is 2.33 bits per heavy atom. The van der Waals surface area contributed by atoms with Gasteiger partial charge in [-0.1, -0.05) is 5.16 Å². The van der Waals surface area contributed by atoms with E-state index in [9.17, 15) is 4.79 Å². The highest BCUT2D eigenvalue weighted by Gasteiger charge is 2.10. The van der Waals surface area contributed by atoms with E-state index >= 15 is 0 Å². The second kappa shape index (κ2) is 5.71. The van der Waals surface area contributed by atoms with E-state index in [-0.39, 0.29) is 12.2 Å². The maximum absolute atomic E-state index is 10.8. The van der Waals surface area contributed by atoms with Crippen molar-refractivity contribution in [2.45, 2.75) is 6.61 Å². The largest absolute Gasteiger partial charge is 0.482 e. The lowest BCUT2D eigenvalue weighted by Crippen LogP contribution is -2.00. The molecule has 0 fully saturated rings. The van der Waals surface area contributed by atoms with Gasteiger partial charge in [-0.15, -0.1) is 0 Å². The molecule has 0 atom stereocenters. The van der Waals surface area contributed by atoms with Gasteiger partial charge in [0.2, 0.25) is 5.82 Å². The minimum Gasteiger partial charge on any atom is -0.482 e. The maximum Gasteiger partial charge on any atom is 0.337 e. The molecule has 21 heavy (non-hydrogen) atoms. The van der Waals surface area contributed by atoms with Crippen LogP contribution in [0.2, 0.25) is 0 Å². The summed E-state index contributed by atoms with van der Waals surface area (Å²) in [5.74, 6) is 0.0554. The van der Waals surface area contributed by atoms with Crippen LogP contribution in [0.15, 0.2) is 39.8 Å². The van der Waals surface area contributed by atoms with Gasteiger partial charge in [0.15, 0.2) is 6.61 Å². The number of hydrogen-bond acceptors (Lipinski definition) is 7. The van der Waals surface area contributed by atoms with Crippen molar-refractivity contribution in [2.24, 2.45) is 0 Å². The Morgan fingerprint density at radius 3 is 3.10 bits per heavy atom. The van der Waals surface area contributed by atoms with Gasteiger partial charge in [-0.2, -0.15) is 16.3 Å². The average molecular weight is 303 g/mol. The molecule has 0 aliphatic carbocycles. The Balaban J connectivity index is 1.68. The highest BCUT2D eigenvalue weighted by atomic mass is 32.1. The first-order valence-electron chi connectivity index (χ1n) is 5.88. The third-order valence-electron chi connectivity index (χ3n) is 2.57. The lowest BCUT2D eigenvalue weighted by Gasteiger charge is -2.02. The Bertz CT molecular complexity index is 754. The van der Waals surface area contributed by atoms with E-state index in [1.807, 2.05) is 16.8 Å². The molecule has 0 unspecified atom stereocenters. The number of carboxylic acids is 1. The molecule has 3 rings (SSSR count). The van der Waals surface area contributed by atoms with Gasteiger partial charge >= 0.3 is 5.97 Å². The number of thiophene rings is 1. The first-order chi connectivity index (χ1) is 10.2. The second-order valence-electron chi connectivity index (χ2n) is 4.03. The normalized spacial score (nSPS) is 10.5. The molecule has 0 radical (unpaired) electrons. The molecule has 0 bridgehead atoms. The van der Waals surface area contributed by atoms with E-state index in [4.69, 9.17) is 14.4 Å². The quantitative estimate of drug-likeness (QED) is 0.773. The molecule has 106 valence electrons. The average Bonchev–Trinajstić information content (AvgIpc) is 3.16. The molecule has 0 aromatic carbocycles. The Hall–Kier alpha value is -2.74. The SMILES string of the molecule is O=C(O)c1cncc(OCc2nc(-c3ccsc3)no2)c1. The van der Waals surface area contributed by atoms with Crippen molar-refractivity contribution in [3.63, 3.8) is 0 Å². The highest BCUT2D eigenvalue weighted by Crippen LogP contribution is 2.19. The minimum atomic E-state index is -1.06. The van der Waals surface area contributed by atoms with E-state index in [2.05, 4.69) is 15.1 Å². The van der Waals surface area contributed by atoms with Crippen LogP contribution in [-0.2, 0) is 6.61 Å². The predicted octanol–water partition coefficient (Wildman–Crippen LogP) is 2.47. The monoisotopic (exact) mass is 303 g/mol. The van der Waals surface area contributed by atoms with Gasteiger partial charge in [0.05, 0.1) is 11.8 Å². The smallest absolute Gasteiger partial charge is 0.337 e. The third kappa shape index (κ3) is 3.06. The van der Waals surface area contributed by atoms with Gasteiger partial charge in [0, 0.05) is 17.1 Å². The summed E-state index contributed by atoms with van der Waals surface area (Å²) in [5, 5.41) is 16.5. The van der Waals surface area contributed by atoms with E-state index < -0.39 is 5.97 Å². The van der Waals surface area contributed by atoms with Gasteiger partial charge in [0.25, 0.3) is 5.89 Å². The second-order valence-corrected chi connectivity index (χ2v) is 4.81. The molecule has 3 aromatic heterocycles. The van der Waals surface area contributed by atoms with Gasteiger partial charge in [-0.05, 0) is 17.5 Å². The standard InChI is InChI=1S/C13H9N3O4S/c17-13(18)9-3-10(5-14-4-9)19-6-11-15-12(16-20-11)8-1-2-21-7-8/h1-5,7H,6H2,(H,17,18). The molecule has 0 saturated carbocycles. The molecule has 3 heterocycles. The zero-order valence-corrected chi connectivity index (χ0v) is 11.4. The number of rotatable bonds is 5. The molecular weight excluding hydrogens is 294 g/mol. The topological polar surface area (TPSA) is 98.3 Å². The summed E-state index contributed by atoms with van der Waals surface area (Å²) in [6, 6.07) is 3.27. The summed E-state index contributed by atoms with van der Waals surface area (Å²) in [7, 11) is 0. The van der Waals surface area contributed by atoms with Crippen molar-refractivity contribution in [3.8, 4) is 17.1 Å². The van der Waals surface area contributed by atoms with Crippen LogP contribution in [0.3, 0.4) is 0 Å². The molecule has 0 saturated heterocycles. The first-order valence-corrected chi connectivity index (χ1v) is 6.83. The van der Waals surface area contributed by atoms with Crippen molar-refractivity contribution in [2.75, 3.05) is 0 Å². The van der Waals surface area contributed by atoms with Gasteiger partial charge < -0.3 is 14.4 Å². The van der Waals surface area contributed by atoms with Gasteiger partial charge in [-0.3, -0.25) is 4.98 Å². The van der Waals surface area contributed by atoms with Crippen LogP contribution in [0.4, 0.5) is 0 Å². The van der Waals surface area contributed by atoms with E-state index in [1.165, 1.54) is 18.5 Å². The summed E-state index contributed by atoms with van der Waals surface area (Å²) < 4.78 is 10.5. The molecule has 0 aliphatic rings. The van der Waals surface area contributed by atoms with Crippen LogP contribution in [0.5, 0.6) is 5.75 Å². The summed E-state index contributed by atoms with van der Waals surface area (Å²) in [4.78, 5) is 18.8. The predicted molar refractivity (Wildman–Crippen MR) is 73.1 cm³/mol. The highest BCUT2D eigenvalue weighted by molar-refractivity contribution is 7.08. The molecule has 0 aliphatic heterocycles. The number of ether oxygens (including phenoxy) is 1. The zero-order chi connectivity index (χ0) is 14.7. The number of aromatic nitrogens is 3. The van der Waals surface area contributed by atoms with Crippen molar-refractivity contribution < 1.29 is 19.2 Å². The van der Waals surface area contributed by atoms with Crippen LogP contribution < -0.4 is 4.74 Å². The zero-order valence-electron chi connectivity index (χ0n) is 10.6. The lowest BCUT2D eigenvalue weighted by molar-refractivity contribution is 0.0696. The summed E-state index contributed by atoms with van der Waals surface area (Å²) in [6.45, 7) is 0.0435. The van der Waals surface area contributed by atoms with Crippen molar-refractivity contribution in [1.29, 1.82) is 0 Å². The fraction of sp³-hybridized carbons (Fsp3) is 0.0769. The fourth-order valence-corrected chi connectivity index (χ4v) is 2.22. The van der Waals surface area contributed by atoms with E-state index in [0.29, 0.717) is 17.5 Å². The van der Waals surface area contributed by atoms with Crippen molar-refractivity contribution in [1.82, 2.24) is 15.1 Å². The minimum absolute atomic E-state index is 0.0435. The molecule has 7 nitrogen and oxygen atoms in total. The Kier molecular flexibility index (Phi) is 3.61. The number of nitrogens with zero attached hydrogens (tertiary/aromatic N) is 3. The summed E-state index contributed by atoms with van der Waals surface area (Å²) in [5.41, 5.74) is 0.932. The summed E-state index contributed by atoms with van der Waals surface area (Å²) in [6.07, 6.45) is 2.67.